The van der Waals surface area contributed by atoms with Crippen molar-refractivity contribution in [3.63, 3.8) is 0 Å². The molecule has 0 radical (unpaired) electrons. The summed E-state index contributed by atoms with van der Waals surface area (Å²) in [4.78, 5) is 18.9. The van der Waals surface area contributed by atoms with E-state index in [0.29, 0.717) is 31.9 Å². The molecule has 0 saturated carbocycles. The Morgan fingerprint density at radius 1 is 1.12 bits per heavy atom. The van der Waals surface area contributed by atoms with E-state index in [-0.39, 0.29) is 17.5 Å². The fourth-order valence-corrected chi connectivity index (χ4v) is 3.15. The molecule has 0 spiro atoms. The topological polar surface area (TPSA) is 58.4 Å². The van der Waals surface area contributed by atoms with Gasteiger partial charge in [0, 0.05) is 30.8 Å². The number of benzene rings is 2. The number of carbonyl (C=O) groups excluding carboxylic acids is 1. The van der Waals surface area contributed by atoms with E-state index in [2.05, 4.69) is 10.3 Å². The number of carbonyl (C=O) groups is 1. The van der Waals surface area contributed by atoms with Gasteiger partial charge in [-0.3, -0.25) is 4.79 Å². The Labute approximate surface area is 148 Å². The number of hydrogen-bond donors (Lipinski definition) is 1. The number of amides is 1. The van der Waals surface area contributed by atoms with Gasteiger partial charge in [0.15, 0.2) is 17.2 Å². The molecule has 1 saturated heterocycles. The summed E-state index contributed by atoms with van der Waals surface area (Å²) in [6, 6.07) is 11.5. The number of fused-ring (bicyclic) bond motifs is 1. The van der Waals surface area contributed by atoms with E-state index < -0.39 is 11.6 Å². The first-order valence-corrected chi connectivity index (χ1v) is 8.46. The highest BCUT2D eigenvalue weighted by molar-refractivity contribution is 5.92. The summed E-state index contributed by atoms with van der Waals surface area (Å²) in [5.74, 6) is -2.29. The minimum atomic E-state index is -0.978. The fourth-order valence-electron chi connectivity index (χ4n) is 3.15. The summed E-state index contributed by atoms with van der Waals surface area (Å²) in [6.07, 6.45) is 1.27. The molecule has 3 aromatic rings. The van der Waals surface area contributed by atoms with Crippen LogP contribution >= 0.6 is 0 Å². The number of anilines is 2. The number of oxazole rings is 1. The van der Waals surface area contributed by atoms with E-state index in [0.717, 1.165) is 23.2 Å². The second-order valence-electron chi connectivity index (χ2n) is 6.34. The number of nitrogens with zero attached hydrogens (tertiary/aromatic N) is 2. The molecule has 7 heteroatoms. The van der Waals surface area contributed by atoms with Gasteiger partial charge in [0.1, 0.15) is 5.52 Å². The summed E-state index contributed by atoms with van der Waals surface area (Å²) in [5.41, 5.74) is 1.80. The minimum Gasteiger partial charge on any atom is -0.423 e. The van der Waals surface area contributed by atoms with E-state index in [9.17, 15) is 13.6 Å². The van der Waals surface area contributed by atoms with E-state index in [4.69, 9.17) is 4.42 Å². The third-order valence-corrected chi connectivity index (χ3v) is 4.61. The first kappa shape index (κ1) is 16.5. The van der Waals surface area contributed by atoms with E-state index >= 15 is 0 Å². The average molecular weight is 357 g/mol. The van der Waals surface area contributed by atoms with Crippen molar-refractivity contribution in [3.8, 4) is 0 Å². The Morgan fingerprint density at radius 3 is 2.62 bits per heavy atom. The largest absolute Gasteiger partial charge is 0.423 e. The van der Waals surface area contributed by atoms with Crippen LogP contribution in [0.1, 0.15) is 12.8 Å². The molecular formula is C19H17F2N3O2. The first-order valence-electron chi connectivity index (χ1n) is 8.46. The van der Waals surface area contributed by atoms with Gasteiger partial charge >= 0.3 is 0 Å². The van der Waals surface area contributed by atoms with Gasteiger partial charge in [-0.2, -0.15) is 4.98 Å². The Bertz CT molecular complexity index is 916. The molecule has 0 unspecified atom stereocenters. The lowest BCUT2D eigenvalue weighted by Crippen LogP contribution is -2.38. The van der Waals surface area contributed by atoms with E-state index in [1.54, 1.807) is 0 Å². The van der Waals surface area contributed by atoms with Crippen molar-refractivity contribution in [2.75, 3.05) is 23.3 Å². The lowest BCUT2D eigenvalue weighted by atomic mass is 9.96. The molecule has 0 bridgehead atoms. The third kappa shape index (κ3) is 3.24. The summed E-state index contributed by atoms with van der Waals surface area (Å²) in [6.45, 7) is 1.28. The third-order valence-electron chi connectivity index (χ3n) is 4.61. The van der Waals surface area contributed by atoms with Gasteiger partial charge in [0.2, 0.25) is 5.91 Å². The van der Waals surface area contributed by atoms with Gasteiger partial charge in [-0.15, -0.1) is 0 Å². The lowest BCUT2D eigenvalue weighted by molar-refractivity contribution is -0.120. The number of halogens is 2. The number of aromatic nitrogens is 1. The Hall–Kier alpha value is -2.96. The number of para-hydroxylation sites is 2. The van der Waals surface area contributed by atoms with Crippen LogP contribution < -0.4 is 10.2 Å². The monoisotopic (exact) mass is 357 g/mol. The van der Waals surface area contributed by atoms with Crippen molar-refractivity contribution in [1.82, 2.24) is 4.98 Å². The molecular weight excluding hydrogens is 340 g/mol. The van der Waals surface area contributed by atoms with Crippen molar-refractivity contribution in [3.05, 3.63) is 54.1 Å². The number of nitrogens with one attached hydrogen (secondary N) is 1. The van der Waals surface area contributed by atoms with Gasteiger partial charge in [-0.05, 0) is 37.1 Å². The number of rotatable bonds is 3. The van der Waals surface area contributed by atoms with E-state index in [1.165, 1.54) is 6.07 Å². The second-order valence-corrected chi connectivity index (χ2v) is 6.34. The molecule has 0 atom stereocenters. The minimum absolute atomic E-state index is 0.187. The molecule has 2 aromatic carbocycles. The van der Waals surface area contributed by atoms with Crippen molar-refractivity contribution in [2.24, 2.45) is 5.92 Å². The second kappa shape index (κ2) is 6.74. The van der Waals surface area contributed by atoms with Gasteiger partial charge in [-0.1, -0.05) is 12.1 Å². The molecule has 1 amide bonds. The van der Waals surface area contributed by atoms with Crippen molar-refractivity contribution < 1.29 is 18.0 Å². The van der Waals surface area contributed by atoms with E-state index in [1.807, 2.05) is 29.2 Å². The number of hydrogen-bond acceptors (Lipinski definition) is 4. The molecule has 1 aliphatic rings. The lowest BCUT2D eigenvalue weighted by Gasteiger charge is -2.30. The maximum atomic E-state index is 13.2. The maximum Gasteiger partial charge on any atom is 0.298 e. The molecule has 2 heterocycles. The molecule has 4 rings (SSSR count). The van der Waals surface area contributed by atoms with Gasteiger partial charge in [0.05, 0.1) is 0 Å². The van der Waals surface area contributed by atoms with Gasteiger partial charge < -0.3 is 14.6 Å². The van der Waals surface area contributed by atoms with Crippen molar-refractivity contribution in [2.45, 2.75) is 12.8 Å². The predicted molar refractivity (Wildman–Crippen MR) is 93.9 cm³/mol. The van der Waals surface area contributed by atoms with Gasteiger partial charge in [0.25, 0.3) is 6.01 Å². The molecule has 1 aliphatic heterocycles. The fraction of sp³-hybridized carbons (Fsp3) is 0.263. The van der Waals surface area contributed by atoms with Crippen LogP contribution in [0.15, 0.2) is 46.9 Å². The Morgan fingerprint density at radius 2 is 1.88 bits per heavy atom. The van der Waals surface area contributed by atoms with Crippen LogP contribution in [-0.4, -0.2) is 24.0 Å². The Kier molecular flexibility index (Phi) is 4.28. The highest BCUT2D eigenvalue weighted by Crippen LogP contribution is 2.27. The van der Waals surface area contributed by atoms with Crippen molar-refractivity contribution in [1.29, 1.82) is 0 Å². The van der Waals surface area contributed by atoms with Crippen LogP contribution in [0.2, 0.25) is 0 Å². The zero-order valence-corrected chi connectivity index (χ0v) is 13.9. The molecule has 1 N–H and O–H groups in total. The molecule has 134 valence electrons. The zero-order valence-electron chi connectivity index (χ0n) is 13.9. The highest BCUT2D eigenvalue weighted by Gasteiger charge is 2.27. The molecule has 1 fully saturated rings. The van der Waals surface area contributed by atoms with Gasteiger partial charge in [-0.25, -0.2) is 8.78 Å². The molecule has 26 heavy (non-hydrogen) atoms. The van der Waals surface area contributed by atoms with Crippen LogP contribution in [0, 0.1) is 17.6 Å². The summed E-state index contributed by atoms with van der Waals surface area (Å²) >= 11 is 0. The Balaban J connectivity index is 1.38. The SMILES string of the molecule is O=C(Nc1ccc(F)c(F)c1)C1CCN(c2nc3ccccc3o2)CC1. The van der Waals surface area contributed by atoms with Crippen LogP contribution in [0.3, 0.4) is 0 Å². The summed E-state index contributed by atoms with van der Waals surface area (Å²) < 4.78 is 32.0. The standard InChI is InChI=1S/C19H17F2N3O2/c20-14-6-5-13(11-15(14)21)22-18(25)12-7-9-24(10-8-12)19-23-16-3-1-2-4-17(16)26-19/h1-6,11-12H,7-10H2,(H,22,25). The van der Waals surface area contributed by atoms with Crippen LogP contribution in [0.4, 0.5) is 20.5 Å². The summed E-state index contributed by atoms with van der Waals surface area (Å²) in [5, 5.41) is 2.65. The molecule has 5 nitrogen and oxygen atoms in total. The predicted octanol–water partition coefficient (Wildman–Crippen LogP) is 3.96. The maximum absolute atomic E-state index is 13.2. The smallest absolute Gasteiger partial charge is 0.298 e. The first-order chi connectivity index (χ1) is 12.6. The highest BCUT2D eigenvalue weighted by atomic mass is 19.2. The summed E-state index contributed by atoms with van der Waals surface area (Å²) in [7, 11) is 0. The number of piperidine rings is 1. The zero-order chi connectivity index (χ0) is 18.1. The molecule has 1 aromatic heterocycles. The quantitative estimate of drug-likeness (QED) is 0.771. The normalized spacial score (nSPS) is 15.4. The van der Waals surface area contributed by atoms with Crippen molar-refractivity contribution >= 4 is 28.7 Å². The average Bonchev–Trinajstić information content (AvgIpc) is 3.09. The molecule has 0 aliphatic carbocycles. The van der Waals surface area contributed by atoms with Crippen LogP contribution in [0.25, 0.3) is 11.1 Å². The van der Waals surface area contributed by atoms with Crippen LogP contribution in [-0.2, 0) is 4.79 Å². The van der Waals surface area contributed by atoms with Crippen LogP contribution in [0.5, 0.6) is 0 Å².